The first-order valence-electron chi connectivity index (χ1n) is 23.9. The number of carboxylic acids is 2. The third-order valence-corrected chi connectivity index (χ3v) is 10.4. The fraction of sp³-hybridized carbons (Fsp3) is 0.913. The summed E-state index contributed by atoms with van der Waals surface area (Å²) in [6.45, 7) is 7.89. The number of nitrogens with two attached hydrogens (primary N) is 2. The zero-order valence-electron chi connectivity index (χ0n) is 37.5. The van der Waals surface area contributed by atoms with Gasteiger partial charge in [0.15, 0.2) is 0 Å². The average Bonchev–Trinajstić information content (AvgIpc) is 3.20. The lowest BCUT2D eigenvalue weighted by Crippen LogP contribution is -2.37. The molecule has 344 valence electrons. The van der Waals surface area contributed by atoms with Gasteiger partial charge in [-0.25, -0.2) is 0 Å². The van der Waals surface area contributed by atoms with E-state index in [1.165, 1.54) is 89.9 Å². The van der Waals surface area contributed by atoms with Gasteiger partial charge >= 0.3 is 23.9 Å². The molecule has 0 fully saturated rings. The molecule has 12 heteroatoms. The summed E-state index contributed by atoms with van der Waals surface area (Å²) in [7, 11) is 0. The molecule has 0 saturated carbocycles. The maximum absolute atomic E-state index is 11.7. The maximum Gasteiger partial charge on any atom is 0.320 e. The summed E-state index contributed by atoms with van der Waals surface area (Å²) in [6.07, 6.45) is 33.8. The topological polar surface area (TPSA) is 203 Å². The first-order valence-corrected chi connectivity index (χ1v) is 23.9. The standard InChI is InChI=1S/2C23H46N2O4/c2*1-2-3-4-5-6-7-8-9-12-17-22(26)29-20-14-11-10-13-19-25-21(23(27)28)16-15-18-24/h2*21,25H,2-20,24H2,1H3,(H,27,28)/t2*21-/m00/s1. The number of carbonyl (C=O) groups is 4. The highest BCUT2D eigenvalue weighted by atomic mass is 16.5. The van der Waals surface area contributed by atoms with Crippen molar-refractivity contribution in [2.75, 3.05) is 39.4 Å². The SMILES string of the molecule is CCCCCCCCCCCC(=O)OCCCCCCN[C@@H](CCCN)C(=O)O.CCCCCCCCCCCC(=O)OCCCCCCN[C@@H](CCCN)C(=O)O. The Hall–Kier alpha value is -2.28. The first-order chi connectivity index (χ1) is 28.2. The Morgan fingerprint density at radius 3 is 1.03 bits per heavy atom. The number of unbranched alkanes of at least 4 members (excludes halogenated alkanes) is 22. The predicted molar refractivity (Wildman–Crippen MR) is 238 cm³/mol. The van der Waals surface area contributed by atoms with Crippen molar-refractivity contribution >= 4 is 23.9 Å². The monoisotopic (exact) mass is 829 g/mol. The molecule has 58 heavy (non-hydrogen) atoms. The minimum absolute atomic E-state index is 0.0705. The van der Waals surface area contributed by atoms with Crippen LogP contribution in [-0.4, -0.2) is 85.6 Å². The van der Waals surface area contributed by atoms with E-state index in [-0.39, 0.29) is 11.9 Å². The number of ether oxygens (including phenoxy) is 2. The number of rotatable bonds is 44. The molecule has 0 spiro atoms. The molecule has 0 aromatic heterocycles. The number of hydrogen-bond donors (Lipinski definition) is 6. The fourth-order valence-corrected chi connectivity index (χ4v) is 6.66. The summed E-state index contributed by atoms with van der Waals surface area (Å²) in [5.74, 6) is -1.76. The zero-order chi connectivity index (χ0) is 43.2. The van der Waals surface area contributed by atoms with Crippen molar-refractivity contribution < 1.29 is 38.9 Å². The smallest absolute Gasteiger partial charge is 0.320 e. The lowest BCUT2D eigenvalue weighted by atomic mass is 10.1. The van der Waals surface area contributed by atoms with Gasteiger partial charge in [0.1, 0.15) is 12.1 Å². The average molecular weight is 829 g/mol. The molecule has 2 atom stereocenters. The molecule has 0 rings (SSSR count). The van der Waals surface area contributed by atoms with Crippen LogP contribution in [0, 0.1) is 0 Å². The van der Waals surface area contributed by atoms with Crippen LogP contribution in [0.4, 0.5) is 0 Å². The van der Waals surface area contributed by atoms with E-state index in [1.54, 1.807) is 0 Å². The summed E-state index contributed by atoms with van der Waals surface area (Å²) >= 11 is 0. The largest absolute Gasteiger partial charge is 0.480 e. The number of aliphatic carboxylic acids is 2. The molecule has 0 heterocycles. The van der Waals surface area contributed by atoms with Gasteiger partial charge in [0, 0.05) is 12.8 Å². The van der Waals surface area contributed by atoms with Gasteiger partial charge in [0.05, 0.1) is 13.2 Å². The van der Waals surface area contributed by atoms with Crippen molar-refractivity contribution in [1.29, 1.82) is 0 Å². The summed E-state index contributed by atoms with van der Waals surface area (Å²) in [5, 5.41) is 24.4. The lowest BCUT2D eigenvalue weighted by molar-refractivity contribution is -0.144. The van der Waals surface area contributed by atoms with Crippen LogP contribution in [0.2, 0.25) is 0 Å². The second-order valence-corrected chi connectivity index (χ2v) is 16.0. The molecule has 0 bridgehead atoms. The number of carboxylic acid groups (broad SMARTS) is 2. The highest BCUT2D eigenvalue weighted by Gasteiger charge is 2.16. The Labute approximate surface area is 354 Å². The Balaban J connectivity index is 0. The van der Waals surface area contributed by atoms with Gasteiger partial charge in [-0.1, -0.05) is 142 Å². The van der Waals surface area contributed by atoms with Crippen LogP contribution in [0.3, 0.4) is 0 Å². The highest BCUT2D eigenvalue weighted by molar-refractivity contribution is 5.73. The third-order valence-electron chi connectivity index (χ3n) is 10.4. The fourth-order valence-electron chi connectivity index (χ4n) is 6.66. The molecule has 0 aliphatic carbocycles. The Morgan fingerprint density at radius 2 is 0.724 bits per heavy atom. The lowest BCUT2D eigenvalue weighted by Gasteiger charge is -2.13. The summed E-state index contributed by atoms with van der Waals surface area (Å²) in [6, 6.07) is -0.999. The molecule has 0 aromatic rings. The third kappa shape index (κ3) is 44.8. The number of carbonyl (C=O) groups excluding carboxylic acids is 2. The maximum atomic E-state index is 11.7. The van der Waals surface area contributed by atoms with E-state index in [4.69, 9.17) is 31.2 Å². The molecule has 0 unspecified atom stereocenters. The van der Waals surface area contributed by atoms with Crippen LogP contribution in [0.1, 0.15) is 219 Å². The number of hydrogen-bond acceptors (Lipinski definition) is 10. The van der Waals surface area contributed by atoms with Gasteiger partial charge in [-0.2, -0.15) is 0 Å². The predicted octanol–water partition coefficient (Wildman–Crippen LogP) is 9.59. The van der Waals surface area contributed by atoms with Crippen molar-refractivity contribution in [3.8, 4) is 0 Å². The van der Waals surface area contributed by atoms with Crippen LogP contribution >= 0.6 is 0 Å². The van der Waals surface area contributed by atoms with Crippen molar-refractivity contribution in [3.05, 3.63) is 0 Å². The molecular formula is C46H92N4O8. The van der Waals surface area contributed by atoms with Crippen molar-refractivity contribution in [2.45, 2.75) is 231 Å². The van der Waals surface area contributed by atoms with E-state index in [0.717, 1.165) is 77.0 Å². The second kappa shape index (κ2) is 47.4. The summed E-state index contributed by atoms with van der Waals surface area (Å²) in [5.41, 5.74) is 10.9. The molecule has 0 aliphatic heterocycles. The molecule has 0 aromatic carbocycles. The van der Waals surface area contributed by atoms with E-state index >= 15 is 0 Å². The minimum atomic E-state index is -0.808. The molecule has 0 saturated heterocycles. The van der Waals surface area contributed by atoms with Gasteiger partial charge in [-0.3, -0.25) is 19.2 Å². The Morgan fingerprint density at radius 1 is 0.431 bits per heavy atom. The molecule has 8 N–H and O–H groups in total. The summed E-state index contributed by atoms with van der Waals surface area (Å²) in [4.78, 5) is 45.6. The van der Waals surface area contributed by atoms with Crippen LogP contribution in [0.15, 0.2) is 0 Å². The van der Waals surface area contributed by atoms with Gasteiger partial charge in [0.2, 0.25) is 0 Å². The van der Waals surface area contributed by atoms with E-state index in [1.807, 2.05) is 0 Å². The Bertz CT molecular complexity index is 854. The van der Waals surface area contributed by atoms with Gasteiger partial charge in [0.25, 0.3) is 0 Å². The van der Waals surface area contributed by atoms with Crippen LogP contribution in [-0.2, 0) is 28.7 Å². The van der Waals surface area contributed by atoms with Crippen LogP contribution in [0.5, 0.6) is 0 Å². The van der Waals surface area contributed by atoms with Gasteiger partial charge < -0.3 is 41.8 Å². The van der Waals surface area contributed by atoms with Crippen molar-refractivity contribution in [3.63, 3.8) is 0 Å². The second-order valence-electron chi connectivity index (χ2n) is 16.0. The molecule has 0 radical (unpaired) electrons. The van der Waals surface area contributed by atoms with Gasteiger partial charge in [-0.05, 0) is 90.4 Å². The molecule has 12 nitrogen and oxygen atoms in total. The van der Waals surface area contributed by atoms with Crippen molar-refractivity contribution in [1.82, 2.24) is 10.6 Å². The van der Waals surface area contributed by atoms with Crippen LogP contribution < -0.4 is 22.1 Å². The zero-order valence-corrected chi connectivity index (χ0v) is 37.5. The normalized spacial score (nSPS) is 12.1. The minimum Gasteiger partial charge on any atom is -0.480 e. The Kier molecular flexibility index (Phi) is 47.2. The number of esters is 2. The molecule has 0 amide bonds. The molecular weight excluding hydrogens is 737 g/mol. The van der Waals surface area contributed by atoms with Crippen molar-refractivity contribution in [2.24, 2.45) is 11.5 Å². The quantitative estimate of drug-likeness (QED) is 0.0251. The summed E-state index contributed by atoms with van der Waals surface area (Å²) < 4.78 is 10.6. The van der Waals surface area contributed by atoms with Gasteiger partial charge in [-0.15, -0.1) is 0 Å². The molecule has 0 aliphatic rings. The van der Waals surface area contributed by atoms with E-state index in [9.17, 15) is 19.2 Å². The van der Waals surface area contributed by atoms with Crippen LogP contribution in [0.25, 0.3) is 0 Å². The number of nitrogens with one attached hydrogen (secondary N) is 2. The van der Waals surface area contributed by atoms with E-state index in [0.29, 0.717) is 77.9 Å². The first kappa shape index (κ1) is 57.8. The highest BCUT2D eigenvalue weighted by Crippen LogP contribution is 2.13. The van der Waals surface area contributed by atoms with E-state index < -0.39 is 24.0 Å². The van der Waals surface area contributed by atoms with E-state index in [2.05, 4.69) is 24.5 Å².